The van der Waals surface area contributed by atoms with Crippen molar-refractivity contribution in [3.63, 3.8) is 0 Å². The highest BCUT2D eigenvalue weighted by atomic mass is 32.2. The Morgan fingerprint density at radius 2 is 1.86 bits per heavy atom. The van der Waals surface area contributed by atoms with Crippen LogP contribution in [0.25, 0.3) is 0 Å². The first-order valence-corrected chi connectivity index (χ1v) is 20.4. The van der Waals surface area contributed by atoms with Gasteiger partial charge < -0.3 is 38.6 Å². The minimum atomic E-state index is -1.36. The van der Waals surface area contributed by atoms with Gasteiger partial charge in [-0.2, -0.15) is 5.26 Å². The highest BCUT2D eigenvalue weighted by molar-refractivity contribution is 7.99. The van der Waals surface area contributed by atoms with Crippen LogP contribution in [0.2, 0.25) is 0 Å². The van der Waals surface area contributed by atoms with Crippen molar-refractivity contribution >= 4 is 23.7 Å². The van der Waals surface area contributed by atoms with Gasteiger partial charge in [0.25, 0.3) is 0 Å². The molecule has 2 saturated heterocycles. The number of esters is 2. The molecule has 3 N–H and O–H groups in total. The number of piperazine rings is 1. The second-order valence-corrected chi connectivity index (χ2v) is 16.9. The molecule has 7 heterocycles. The number of hydrogen-bond donors (Lipinski definition) is 3. The van der Waals surface area contributed by atoms with Gasteiger partial charge in [0.2, 0.25) is 6.79 Å². The minimum Gasteiger partial charge on any atom is -0.507 e. The molecule has 7 aliphatic heterocycles. The van der Waals surface area contributed by atoms with Crippen molar-refractivity contribution in [1.82, 2.24) is 15.1 Å². The minimum absolute atomic E-state index is 0.0197. The number of thioether (sulfide) groups is 1. The smallest absolute Gasteiger partial charge is 0.331 e. The fraction of sp³-hybridized carbons (Fsp3) is 0.500. The lowest BCUT2D eigenvalue weighted by atomic mass is 9.71. The Kier molecular flexibility index (Phi) is 9.19. The van der Waals surface area contributed by atoms with E-state index >= 15 is 0 Å². The van der Waals surface area contributed by atoms with E-state index in [0.717, 1.165) is 22.3 Å². The third-order valence-corrected chi connectivity index (χ3v) is 14.3. The summed E-state index contributed by atoms with van der Waals surface area (Å²) in [5.41, 5.74) is 4.43. The van der Waals surface area contributed by atoms with Gasteiger partial charge in [-0.1, -0.05) is 13.0 Å². The number of hydrogen-bond acceptors (Lipinski definition) is 15. The van der Waals surface area contributed by atoms with Crippen molar-refractivity contribution in [3.8, 4) is 46.3 Å². The summed E-state index contributed by atoms with van der Waals surface area (Å²) in [5.74, 6) is 1.25. The maximum atomic E-state index is 14.8. The van der Waals surface area contributed by atoms with E-state index in [9.17, 15) is 25.1 Å². The summed E-state index contributed by atoms with van der Waals surface area (Å²) in [5, 5.41) is 37.3. The molecule has 0 saturated carbocycles. The molecular formula is C42H46N4O10S. The first kappa shape index (κ1) is 37.7. The molecule has 7 atom stereocenters. The van der Waals surface area contributed by atoms with Crippen LogP contribution in [0.4, 0.5) is 0 Å². The van der Waals surface area contributed by atoms with Crippen molar-refractivity contribution in [1.29, 1.82) is 5.26 Å². The number of benzene rings is 3. The SMILES string of the molecule is CCCC(=O)Oc1c(OC)c(C)cc2c1[C@H]1C3[C@@H]4SC[C@]5(NCCc6cc(O)c(OC)cc65)C(=O)OC[C@@H](c5c6c(c(C)c(O)c54)OCO6)N3[C@@H](C#N)[C@H](C2)N1C. The number of phenolic OH excluding ortho intramolecular Hbond substituents is 2. The van der Waals surface area contributed by atoms with Crippen LogP contribution in [0.3, 0.4) is 0 Å². The van der Waals surface area contributed by atoms with E-state index in [0.29, 0.717) is 71.1 Å². The van der Waals surface area contributed by atoms with E-state index in [1.807, 2.05) is 20.9 Å². The molecule has 4 bridgehead atoms. The summed E-state index contributed by atoms with van der Waals surface area (Å²) in [7, 11) is 5.04. The number of nitriles is 1. The number of nitrogens with one attached hydrogen (secondary N) is 1. The third kappa shape index (κ3) is 5.33. The maximum Gasteiger partial charge on any atom is 0.331 e. The van der Waals surface area contributed by atoms with Crippen LogP contribution < -0.4 is 29.0 Å². The summed E-state index contributed by atoms with van der Waals surface area (Å²) in [6.45, 7) is 5.88. The zero-order chi connectivity index (χ0) is 40.1. The predicted molar refractivity (Wildman–Crippen MR) is 207 cm³/mol. The highest BCUT2D eigenvalue weighted by Crippen LogP contribution is 2.64. The molecule has 0 radical (unpaired) electrons. The van der Waals surface area contributed by atoms with Gasteiger partial charge in [-0.15, -0.1) is 11.8 Å². The van der Waals surface area contributed by atoms with Crippen molar-refractivity contribution in [2.45, 2.75) is 87.5 Å². The molecule has 300 valence electrons. The van der Waals surface area contributed by atoms with Gasteiger partial charge in [-0.25, -0.2) is 4.79 Å². The van der Waals surface area contributed by atoms with Crippen LogP contribution in [0.5, 0.6) is 40.2 Å². The average Bonchev–Trinajstić information content (AvgIpc) is 3.68. The summed E-state index contributed by atoms with van der Waals surface area (Å²) >= 11 is 1.48. The van der Waals surface area contributed by atoms with Crippen molar-refractivity contribution in [2.75, 3.05) is 47.0 Å². The molecule has 1 spiro atoms. The zero-order valence-electron chi connectivity index (χ0n) is 32.8. The number of carbonyl (C=O) groups excluding carboxylic acids is 2. The van der Waals surface area contributed by atoms with Crippen LogP contribution in [0.15, 0.2) is 18.2 Å². The van der Waals surface area contributed by atoms with Crippen molar-refractivity contribution < 1.29 is 48.2 Å². The van der Waals surface area contributed by atoms with Gasteiger partial charge in [0.15, 0.2) is 40.0 Å². The van der Waals surface area contributed by atoms with Gasteiger partial charge in [-0.3, -0.25) is 19.9 Å². The van der Waals surface area contributed by atoms with Crippen LogP contribution in [0, 0.1) is 25.2 Å². The number of methoxy groups -OCH3 is 2. The van der Waals surface area contributed by atoms with Gasteiger partial charge in [0, 0.05) is 53.1 Å². The zero-order valence-corrected chi connectivity index (χ0v) is 33.6. The summed E-state index contributed by atoms with van der Waals surface area (Å²) in [6.07, 6.45) is 1.88. The summed E-state index contributed by atoms with van der Waals surface area (Å²) in [6, 6.07) is 5.33. The molecule has 57 heavy (non-hydrogen) atoms. The average molecular weight is 799 g/mol. The number of nitrogens with zero attached hydrogens (tertiary/aromatic N) is 3. The molecular weight excluding hydrogens is 753 g/mol. The van der Waals surface area contributed by atoms with Crippen molar-refractivity contribution in [2.24, 2.45) is 0 Å². The monoisotopic (exact) mass is 798 g/mol. The Labute approximate surface area is 334 Å². The fourth-order valence-electron chi connectivity index (χ4n) is 10.4. The molecule has 15 heteroatoms. The van der Waals surface area contributed by atoms with Crippen LogP contribution in [-0.2, 0) is 32.7 Å². The molecule has 2 fully saturated rings. The second kappa shape index (κ2) is 13.9. The Hall–Kier alpha value is -4.88. The number of aromatic hydroxyl groups is 2. The molecule has 7 aliphatic rings. The normalized spacial score (nSPS) is 28.3. The summed E-state index contributed by atoms with van der Waals surface area (Å²) < 4.78 is 36.4. The first-order chi connectivity index (χ1) is 27.5. The molecule has 10 rings (SSSR count). The molecule has 0 amide bonds. The number of ether oxygens (including phenoxy) is 6. The largest absolute Gasteiger partial charge is 0.507 e. The van der Waals surface area contributed by atoms with E-state index in [1.54, 1.807) is 26.2 Å². The van der Waals surface area contributed by atoms with Gasteiger partial charge in [0.05, 0.1) is 37.6 Å². The topological polar surface area (TPSA) is 172 Å². The number of likely N-dealkylation sites (N-methyl/N-ethyl adjacent to an activating group) is 1. The molecule has 1 unspecified atom stereocenters. The van der Waals surface area contributed by atoms with Gasteiger partial charge >= 0.3 is 11.9 Å². The van der Waals surface area contributed by atoms with Gasteiger partial charge in [-0.05, 0) is 74.5 Å². The first-order valence-electron chi connectivity index (χ1n) is 19.4. The van der Waals surface area contributed by atoms with Crippen LogP contribution >= 0.6 is 11.8 Å². The molecule has 0 aromatic heterocycles. The highest BCUT2D eigenvalue weighted by Gasteiger charge is 2.62. The Morgan fingerprint density at radius 3 is 2.60 bits per heavy atom. The lowest BCUT2D eigenvalue weighted by Crippen LogP contribution is -2.69. The number of fused-ring (bicyclic) bond motifs is 9. The lowest BCUT2D eigenvalue weighted by Gasteiger charge is -2.62. The molecule has 14 nitrogen and oxygen atoms in total. The molecule has 3 aromatic rings. The van der Waals surface area contributed by atoms with Crippen molar-refractivity contribution in [3.05, 3.63) is 62.7 Å². The number of aryl methyl sites for hydroxylation is 1. The number of phenols is 2. The summed E-state index contributed by atoms with van der Waals surface area (Å²) in [4.78, 5) is 32.5. The second-order valence-electron chi connectivity index (χ2n) is 15.7. The quantitative estimate of drug-likeness (QED) is 0.238. The lowest BCUT2D eigenvalue weighted by molar-refractivity contribution is -0.157. The van der Waals surface area contributed by atoms with E-state index in [-0.39, 0.29) is 54.8 Å². The fourth-order valence-corrected chi connectivity index (χ4v) is 12.1. The van der Waals surface area contributed by atoms with Crippen LogP contribution in [0.1, 0.15) is 81.6 Å². The van der Waals surface area contributed by atoms with E-state index in [4.69, 9.17) is 28.4 Å². The molecule has 3 aromatic carbocycles. The van der Waals surface area contributed by atoms with Gasteiger partial charge in [0.1, 0.15) is 18.4 Å². The van der Waals surface area contributed by atoms with E-state index in [2.05, 4.69) is 27.3 Å². The third-order valence-electron chi connectivity index (χ3n) is 12.9. The maximum absolute atomic E-state index is 14.8. The van der Waals surface area contributed by atoms with E-state index in [1.165, 1.54) is 18.9 Å². The number of rotatable bonds is 5. The predicted octanol–water partition coefficient (Wildman–Crippen LogP) is 4.77. The Balaban J connectivity index is 1.31. The Bertz CT molecular complexity index is 2260. The van der Waals surface area contributed by atoms with Crippen LogP contribution in [-0.4, -0.2) is 97.0 Å². The number of carbonyl (C=O) groups is 2. The van der Waals surface area contributed by atoms with E-state index < -0.39 is 40.9 Å². The Morgan fingerprint density at radius 1 is 1.07 bits per heavy atom. The molecule has 0 aliphatic carbocycles. The standard InChI is InChI=1S/C42H46N4O10S/c1-7-8-29(48)56-39-30-22(11-19(2)36(39)52-6)12-24-25(15-43)46-26-16-53-41(50)42(23-14-28(51-5)27(47)13-21(23)9-10-44-42)17-57-40(34(46)33(30)45(24)4)32-31(26)38-37(54-18-55-38)20(3)35(32)49/h11,13-14,24-26,33-34,40,44,47,49H,7-10,12,16-18H2,1-6H3/t24-,25-,26-,33-,34?,40+,42+/m0/s1.